The van der Waals surface area contributed by atoms with E-state index in [4.69, 9.17) is 14.3 Å². The van der Waals surface area contributed by atoms with Crippen LogP contribution in [0, 0.1) is 11.8 Å². The molecule has 5 rings (SSSR count). The number of hydrogen-bond acceptors (Lipinski definition) is 5. The van der Waals surface area contributed by atoms with Crippen molar-refractivity contribution < 1.29 is 23.8 Å². The average Bonchev–Trinajstić information content (AvgIpc) is 3.51. The van der Waals surface area contributed by atoms with Gasteiger partial charge in [-0.15, -0.1) is 0 Å². The summed E-state index contributed by atoms with van der Waals surface area (Å²) in [5, 5.41) is 9.10. The molecule has 1 N–H and O–H groups in total. The van der Waals surface area contributed by atoms with Gasteiger partial charge in [0.2, 0.25) is 11.8 Å². The Labute approximate surface area is 174 Å². The number of aliphatic hydroxyl groups is 1. The molecular formula is C23H24N2O5. The summed E-state index contributed by atoms with van der Waals surface area (Å²) in [6.07, 6.45) is 7.29. The van der Waals surface area contributed by atoms with E-state index in [0.717, 1.165) is 16.8 Å². The maximum absolute atomic E-state index is 13.4. The highest BCUT2D eigenvalue weighted by molar-refractivity contribution is 6.03. The number of anilines is 1. The van der Waals surface area contributed by atoms with Gasteiger partial charge in [0.05, 0.1) is 37.0 Å². The second-order valence-corrected chi connectivity index (χ2v) is 8.29. The van der Waals surface area contributed by atoms with Crippen LogP contribution in [0.2, 0.25) is 0 Å². The molecule has 2 aromatic rings. The minimum Gasteiger partial charge on any atom is -0.472 e. The van der Waals surface area contributed by atoms with Crippen LogP contribution < -0.4 is 4.90 Å². The van der Waals surface area contributed by atoms with Gasteiger partial charge in [-0.3, -0.25) is 9.59 Å². The smallest absolute Gasteiger partial charge is 0.234 e. The molecule has 30 heavy (non-hydrogen) atoms. The summed E-state index contributed by atoms with van der Waals surface area (Å²) in [5.74, 6) is -1.22. The number of amides is 2. The molecular weight excluding hydrogens is 384 g/mol. The number of hydrogen-bond donors (Lipinski definition) is 1. The van der Waals surface area contributed by atoms with Gasteiger partial charge in [0.1, 0.15) is 5.60 Å². The zero-order chi connectivity index (χ0) is 20.9. The number of aliphatic hydroxyl groups excluding tert-OH is 1. The highest BCUT2D eigenvalue weighted by Crippen LogP contribution is 2.53. The summed E-state index contributed by atoms with van der Waals surface area (Å²) in [4.78, 5) is 30.1. The van der Waals surface area contributed by atoms with Crippen molar-refractivity contribution in [1.82, 2.24) is 4.90 Å². The Kier molecular flexibility index (Phi) is 4.52. The summed E-state index contributed by atoms with van der Waals surface area (Å²) < 4.78 is 11.3. The van der Waals surface area contributed by atoms with Crippen molar-refractivity contribution in [2.24, 2.45) is 11.8 Å². The summed E-state index contributed by atoms with van der Waals surface area (Å²) in [5.41, 5.74) is 1.95. The molecule has 2 unspecified atom stereocenters. The van der Waals surface area contributed by atoms with Crippen LogP contribution in [0.15, 0.2) is 59.4 Å². The summed E-state index contributed by atoms with van der Waals surface area (Å²) in [6, 6.07) is 9.43. The van der Waals surface area contributed by atoms with Gasteiger partial charge in [0, 0.05) is 31.5 Å². The zero-order valence-electron chi connectivity index (χ0n) is 16.7. The fraction of sp³-hybridized carbons (Fsp3) is 0.391. The molecule has 1 spiro atoms. The van der Waals surface area contributed by atoms with E-state index >= 15 is 0 Å². The molecule has 1 aromatic heterocycles. The normalized spacial score (nSPS) is 28.9. The first kappa shape index (κ1) is 19.1. The molecule has 2 fully saturated rings. The monoisotopic (exact) mass is 408 g/mol. The molecule has 2 amide bonds. The lowest BCUT2D eigenvalue weighted by Crippen LogP contribution is -2.44. The van der Waals surface area contributed by atoms with E-state index in [1.165, 1.54) is 0 Å². The number of nitrogens with zero attached hydrogens (tertiary/aromatic N) is 2. The molecule has 0 radical (unpaired) electrons. The van der Waals surface area contributed by atoms with E-state index in [-0.39, 0.29) is 24.5 Å². The first-order chi connectivity index (χ1) is 14.5. The number of benzene rings is 1. The fourth-order valence-electron chi connectivity index (χ4n) is 4.96. The van der Waals surface area contributed by atoms with Crippen LogP contribution >= 0.6 is 0 Å². The second-order valence-electron chi connectivity index (χ2n) is 8.29. The van der Waals surface area contributed by atoms with Crippen LogP contribution in [0.5, 0.6) is 0 Å². The molecule has 156 valence electrons. The first-order valence-corrected chi connectivity index (χ1v) is 10.2. The van der Waals surface area contributed by atoms with Gasteiger partial charge >= 0.3 is 0 Å². The van der Waals surface area contributed by atoms with Gasteiger partial charge in [0.15, 0.2) is 0 Å². The van der Waals surface area contributed by atoms with Crippen molar-refractivity contribution in [2.45, 2.75) is 24.7 Å². The third-order valence-corrected chi connectivity index (χ3v) is 6.41. The quantitative estimate of drug-likeness (QED) is 0.737. The molecule has 2 bridgehead atoms. The number of ether oxygens (including phenoxy) is 1. The third kappa shape index (κ3) is 2.88. The van der Waals surface area contributed by atoms with Crippen LogP contribution in [-0.2, 0) is 27.3 Å². The molecule has 7 heteroatoms. The minimum atomic E-state index is -0.748. The van der Waals surface area contributed by atoms with Crippen molar-refractivity contribution in [3.63, 3.8) is 0 Å². The molecule has 4 atom stereocenters. The van der Waals surface area contributed by atoms with Crippen molar-refractivity contribution in [1.29, 1.82) is 0 Å². The Bertz CT molecular complexity index is 984. The topological polar surface area (TPSA) is 83.2 Å². The van der Waals surface area contributed by atoms with Gasteiger partial charge in [-0.2, -0.15) is 0 Å². The van der Waals surface area contributed by atoms with Crippen molar-refractivity contribution in [3.8, 4) is 0 Å². The predicted molar refractivity (Wildman–Crippen MR) is 108 cm³/mol. The zero-order valence-corrected chi connectivity index (χ0v) is 16.7. The number of fused-ring (bicyclic) bond motifs is 1. The summed E-state index contributed by atoms with van der Waals surface area (Å²) in [6.45, 7) is 0.910. The fourth-order valence-corrected chi connectivity index (χ4v) is 4.96. The van der Waals surface area contributed by atoms with Gasteiger partial charge in [0.25, 0.3) is 0 Å². The van der Waals surface area contributed by atoms with Crippen LogP contribution in [0.4, 0.5) is 5.69 Å². The minimum absolute atomic E-state index is 0.0770. The van der Waals surface area contributed by atoms with Crippen molar-refractivity contribution in [2.75, 3.05) is 25.1 Å². The Morgan fingerprint density at radius 3 is 2.77 bits per heavy atom. The van der Waals surface area contributed by atoms with Gasteiger partial charge < -0.3 is 24.1 Å². The lowest BCUT2D eigenvalue weighted by molar-refractivity contribution is -0.139. The lowest BCUT2D eigenvalue weighted by atomic mass is 9.76. The van der Waals surface area contributed by atoms with Crippen LogP contribution in [0.1, 0.15) is 11.1 Å². The molecule has 0 aliphatic carbocycles. The number of carbonyl (C=O) groups is 2. The van der Waals surface area contributed by atoms with E-state index in [0.29, 0.717) is 19.5 Å². The van der Waals surface area contributed by atoms with E-state index in [1.807, 2.05) is 42.5 Å². The lowest BCUT2D eigenvalue weighted by Gasteiger charge is -2.27. The maximum atomic E-state index is 13.4. The molecule has 3 aliphatic rings. The molecule has 3 aliphatic heterocycles. The van der Waals surface area contributed by atoms with Crippen molar-refractivity contribution in [3.05, 3.63) is 66.1 Å². The SMILES string of the molecule is CN(Cc1ccoc1)C(=O)C1C2C(=O)N(c3ccc(CCO)cc3)C[C@]23C=C[C@H]1O3. The number of carbonyl (C=O) groups excluding carboxylic acids is 2. The van der Waals surface area contributed by atoms with E-state index in [1.54, 1.807) is 29.4 Å². The standard InChI is InChI=1S/C23H24N2O5/c1-24(12-16-8-11-29-13-16)21(27)19-18-6-9-23(30-18)14-25(22(28)20(19)23)17-4-2-15(3-5-17)7-10-26/h2-6,8-9,11,13,18-20,26H,7,10,12,14H2,1H3/t18-,19?,20?,23-/m1/s1. The largest absolute Gasteiger partial charge is 0.472 e. The molecule has 2 saturated heterocycles. The van der Waals surface area contributed by atoms with Gasteiger partial charge in [-0.05, 0) is 30.2 Å². The van der Waals surface area contributed by atoms with Gasteiger partial charge in [-0.1, -0.05) is 24.3 Å². The number of furan rings is 1. The predicted octanol–water partition coefficient (Wildman–Crippen LogP) is 1.76. The van der Waals surface area contributed by atoms with E-state index < -0.39 is 17.4 Å². The average molecular weight is 408 g/mol. The Hall–Kier alpha value is -2.90. The molecule has 1 aromatic carbocycles. The van der Waals surface area contributed by atoms with Crippen LogP contribution in [0.25, 0.3) is 0 Å². The van der Waals surface area contributed by atoms with Crippen LogP contribution in [0.3, 0.4) is 0 Å². The highest BCUT2D eigenvalue weighted by Gasteiger charge is 2.67. The molecule has 7 nitrogen and oxygen atoms in total. The Morgan fingerprint density at radius 1 is 1.27 bits per heavy atom. The second kappa shape index (κ2) is 7.11. The summed E-state index contributed by atoms with van der Waals surface area (Å²) in [7, 11) is 1.74. The Morgan fingerprint density at radius 2 is 2.07 bits per heavy atom. The summed E-state index contributed by atoms with van der Waals surface area (Å²) >= 11 is 0. The molecule has 4 heterocycles. The van der Waals surface area contributed by atoms with Gasteiger partial charge in [-0.25, -0.2) is 0 Å². The maximum Gasteiger partial charge on any atom is 0.234 e. The van der Waals surface area contributed by atoms with Crippen LogP contribution in [-0.4, -0.2) is 53.7 Å². The van der Waals surface area contributed by atoms with Crippen molar-refractivity contribution >= 4 is 17.5 Å². The third-order valence-electron chi connectivity index (χ3n) is 6.41. The highest BCUT2D eigenvalue weighted by atomic mass is 16.5. The molecule has 0 saturated carbocycles. The first-order valence-electron chi connectivity index (χ1n) is 10.2. The Balaban J connectivity index is 1.39. The van der Waals surface area contributed by atoms with E-state index in [9.17, 15) is 9.59 Å². The number of rotatable bonds is 6. The van der Waals surface area contributed by atoms with E-state index in [2.05, 4.69) is 0 Å².